The van der Waals surface area contributed by atoms with Crippen LogP contribution in [0.3, 0.4) is 0 Å². The lowest BCUT2D eigenvalue weighted by Gasteiger charge is -2.27. The van der Waals surface area contributed by atoms with Gasteiger partial charge in [0.25, 0.3) is 0 Å². The molecule has 13 heavy (non-hydrogen) atoms. The summed E-state index contributed by atoms with van der Waals surface area (Å²) in [5.74, 6) is 0. The maximum absolute atomic E-state index is 9.01. The van der Waals surface area contributed by atoms with Crippen molar-refractivity contribution in [1.82, 2.24) is 5.32 Å². The Bertz CT molecular complexity index is 126. The molecule has 3 heteroatoms. The molecule has 0 aromatic carbocycles. The highest BCUT2D eigenvalue weighted by atomic mass is 16.5. The van der Waals surface area contributed by atoms with Crippen LogP contribution in [0.4, 0.5) is 0 Å². The van der Waals surface area contributed by atoms with E-state index < -0.39 is 0 Å². The lowest BCUT2D eigenvalue weighted by Crippen LogP contribution is -2.39. The zero-order valence-electron chi connectivity index (χ0n) is 8.46. The Morgan fingerprint density at radius 3 is 2.77 bits per heavy atom. The van der Waals surface area contributed by atoms with Crippen LogP contribution in [0.2, 0.25) is 0 Å². The number of ether oxygens (including phenoxy) is 1. The number of aliphatic hydroxyl groups excluding tert-OH is 1. The lowest BCUT2D eigenvalue weighted by molar-refractivity contribution is -0.0151. The van der Waals surface area contributed by atoms with Gasteiger partial charge >= 0.3 is 0 Å². The number of hydrogen-bond donors (Lipinski definition) is 2. The molecule has 0 bridgehead atoms. The van der Waals surface area contributed by atoms with E-state index in [1.807, 2.05) is 0 Å². The molecule has 0 aliphatic heterocycles. The number of nitrogens with one attached hydrogen (secondary N) is 1. The van der Waals surface area contributed by atoms with Crippen molar-refractivity contribution in [2.45, 2.75) is 44.8 Å². The molecule has 1 fully saturated rings. The van der Waals surface area contributed by atoms with Crippen LogP contribution in [-0.4, -0.2) is 37.0 Å². The van der Waals surface area contributed by atoms with Gasteiger partial charge in [-0.1, -0.05) is 6.92 Å². The first-order valence-electron chi connectivity index (χ1n) is 5.32. The molecular weight excluding hydrogens is 166 g/mol. The summed E-state index contributed by atoms with van der Waals surface area (Å²) in [6.07, 6.45) is 5.27. The monoisotopic (exact) mass is 187 g/mol. The van der Waals surface area contributed by atoms with E-state index in [9.17, 15) is 0 Å². The Labute approximate surface area is 80.5 Å². The van der Waals surface area contributed by atoms with Crippen LogP contribution in [-0.2, 0) is 4.74 Å². The summed E-state index contributed by atoms with van der Waals surface area (Å²) in [6, 6.07) is 0.126. The summed E-state index contributed by atoms with van der Waals surface area (Å²) in [5.41, 5.74) is 0. The van der Waals surface area contributed by atoms with E-state index in [0.717, 1.165) is 13.0 Å². The van der Waals surface area contributed by atoms with Crippen molar-refractivity contribution in [2.75, 3.05) is 19.8 Å². The second kappa shape index (κ2) is 6.35. The molecule has 1 aliphatic rings. The summed E-state index contributed by atoms with van der Waals surface area (Å²) in [5, 5.41) is 12.3. The molecule has 78 valence electrons. The van der Waals surface area contributed by atoms with Crippen LogP contribution < -0.4 is 5.32 Å². The van der Waals surface area contributed by atoms with Crippen LogP contribution in [0.5, 0.6) is 0 Å². The van der Waals surface area contributed by atoms with E-state index in [1.165, 1.54) is 19.3 Å². The molecular formula is C10H21NO2. The molecule has 1 rings (SSSR count). The SMILES string of the molecule is CCCNC(CO)COC1CCC1. The summed E-state index contributed by atoms with van der Waals surface area (Å²) in [7, 11) is 0. The number of rotatable bonds is 7. The fraction of sp³-hybridized carbons (Fsp3) is 1.00. The minimum absolute atomic E-state index is 0.126. The molecule has 2 N–H and O–H groups in total. The highest BCUT2D eigenvalue weighted by molar-refractivity contribution is 4.71. The molecule has 0 radical (unpaired) electrons. The predicted molar refractivity (Wildman–Crippen MR) is 52.8 cm³/mol. The predicted octanol–water partition coefficient (Wildman–Crippen LogP) is 0.916. The minimum Gasteiger partial charge on any atom is -0.395 e. The Hall–Kier alpha value is -0.120. The highest BCUT2D eigenvalue weighted by Gasteiger charge is 2.19. The summed E-state index contributed by atoms with van der Waals surface area (Å²) in [4.78, 5) is 0. The Morgan fingerprint density at radius 2 is 2.31 bits per heavy atom. The molecule has 0 amide bonds. The van der Waals surface area contributed by atoms with Gasteiger partial charge < -0.3 is 15.2 Å². The van der Waals surface area contributed by atoms with Gasteiger partial charge in [0.15, 0.2) is 0 Å². The van der Waals surface area contributed by atoms with E-state index in [2.05, 4.69) is 12.2 Å². The zero-order chi connectivity index (χ0) is 9.52. The fourth-order valence-corrected chi connectivity index (χ4v) is 1.31. The van der Waals surface area contributed by atoms with Gasteiger partial charge in [-0.2, -0.15) is 0 Å². The number of hydrogen-bond acceptors (Lipinski definition) is 3. The van der Waals surface area contributed by atoms with Crippen molar-refractivity contribution in [2.24, 2.45) is 0 Å². The van der Waals surface area contributed by atoms with Gasteiger partial charge in [0.2, 0.25) is 0 Å². The standard InChI is InChI=1S/C10H21NO2/c1-2-6-11-9(7-12)8-13-10-4-3-5-10/h9-12H,2-8H2,1H3. The molecule has 0 aromatic heterocycles. The molecule has 0 saturated heterocycles. The topological polar surface area (TPSA) is 41.5 Å². The van der Waals surface area contributed by atoms with Crippen LogP contribution >= 0.6 is 0 Å². The first-order valence-corrected chi connectivity index (χ1v) is 5.32. The third-order valence-electron chi connectivity index (χ3n) is 2.49. The smallest absolute Gasteiger partial charge is 0.0645 e. The molecule has 1 atom stereocenters. The molecule has 0 spiro atoms. The Morgan fingerprint density at radius 1 is 1.54 bits per heavy atom. The van der Waals surface area contributed by atoms with Gasteiger partial charge in [-0.3, -0.25) is 0 Å². The Kier molecular flexibility index (Phi) is 5.35. The van der Waals surface area contributed by atoms with Gasteiger partial charge in [0.1, 0.15) is 0 Å². The van der Waals surface area contributed by atoms with Gasteiger partial charge in [-0.05, 0) is 32.2 Å². The van der Waals surface area contributed by atoms with E-state index in [4.69, 9.17) is 9.84 Å². The molecule has 1 aliphatic carbocycles. The van der Waals surface area contributed by atoms with E-state index in [0.29, 0.717) is 12.7 Å². The largest absolute Gasteiger partial charge is 0.395 e. The van der Waals surface area contributed by atoms with Crippen LogP contribution in [0.15, 0.2) is 0 Å². The second-order valence-electron chi connectivity index (χ2n) is 3.72. The molecule has 0 heterocycles. The van der Waals surface area contributed by atoms with Crippen molar-refractivity contribution in [3.63, 3.8) is 0 Å². The van der Waals surface area contributed by atoms with E-state index in [1.54, 1.807) is 0 Å². The maximum Gasteiger partial charge on any atom is 0.0645 e. The first-order chi connectivity index (χ1) is 6.36. The maximum atomic E-state index is 9.01. The summed E-state index contributed by atoms with van der Waals surface area (Å²) in [6.45, 7) is 3.90. The lowest BCUT2D eigenvalue weighted by atomic mass is 9.96. The van der Waals surface area contributed by atoms with E-state index >= 15 is 0 Å². The van der Waals surface area contributed by atoms with Gasteiger partial charge in [-0.15, -0.1) is 0 Å². The van der Waals surface area contributed by atoms with Gasteiger partial charge in [-0.25, -0.2) is 0 Å². The normalized spacial score (nSPS) is 19.8. The Balaban J connectivity index is 2.00. The van der Waals surface area contributed by atoms with Crippen molar-refractivity contribution < 1.29 is 9.84 Å². The van der Waals surface area contributed by atoms with Crippen molar-refractivity contribution in [3.8, 4) is 0 Å². The quantitative estimate of drug-likeness (QED) is 0.622. The van der Waals surface area contributed by atoms with Crippen LogP contribution in [0.25, 0.3) is 0 Å². The fourth-order valence-electron chi connectivity index (χ4n) is 1.31. The third-order valence-corrected chi connectivity index (χ3v) is 2.49. The summed E-state index contributed by atoms with van der Waals surface area (Å²) < 4.78 is 5.61. The summed E-state index contributed by atoms with van der Waals surface area (Å²) >= 11 is 0. The van der Waals surface area contributed by atoms with Gasteiger partial charge in [0.05, 0.1) is 25.4 Å². The molecule has 0 aromatic rings. The van der Waals surface area contributed by atoms with Crippen LogP contribution in [0, 0.1) is 0 Å². The van der Waals surface area contributed by atoms with Crippen molar-refractivity contribution in [3.05, 3.63) is 0 Å². The highest BCUT2D eigenvalue weighted by Crippen LogP contribution is 2.21. The average Bonchev–Trinajstić information content (AvgIpc) is 2.08. The van der Waals surface area contributed by atoms with Crippen molar-refractivity contribution >= 4 is 0 Å². The molecule has 1 saturated carbocycles. The minimum atomic E-state index is 0.126. The first kappa shape index (κ1) is 11.0. The van der Waals surface area contributed by atoms with E-state index in [-0.39, 0.29) is 12.6 Å². The third kappa shape index (κ3) is 4.07. The average molecular weight is 187 g/mol. The van der Waals surface area contributed by atoms with Gasteiger partial charge in [0, 0.05) is 0 Å². The molecule has 1 unspecified atom stereocenters. The second-order valence-corrected chi connectivity index (χ2v) is 3.72. The number of aliphatic hydroxyl groups is 1. The van der Waals surface area contributed by atoms with Crippen molar-refractivity contribution in [1.29, 1.82) is 0 Å². The molecule has 3 nitrogen and oxygen atoms in total. The zero-order valence-corrected chi connectivity index (χ0v) is 8.46. The van der Waals surface area contributed by atoms with Crippen LogP contribution in [0.1, 0.15) is 32.6 Å².